The second kappa shape index (κ2) is 15.1. The maximum Gasteiger partial charge on any atom is 0.408 e. The van der Waals surface area contributed by atoms with Gasteiger partial charge < -0.3 is 30.7 Å². The van der Waals surface area contributed by atoms with Gasteiger partial charge in [-0.2, -0.15) is 0 Å². The van der Waals surface area contributed by atoms with Crippen molar-refractivity contribution in [2.75, 3.05) is 19.0 Å². The molecule has 10 heteroatoms. The summed E-state index contributed by atoms with van der Waals surface area (Å²) in [6, 6.07) is 10.4. The summed E-state index contributed by atoms with van der Waals surface area (Å²) >= 11 is 0. The molecule has 224 valence electrons. The number of nitrogens with zero attached hydrogens (tertiary/aromatic N) is 1. The molecule has 0 aliphatic carbocycles. The topological polar surface area (TPSA) is 140 Å². The molecule has 0 saturated carbocycles. The van der Waals surface area contributed by atoms with Crippen LogP contribution in [0.2, 0.25) is 0 Å². The summed E-state index contributed by atoms with van der Waals surface area (Å²) in [5.74, 6) is -0.900. The number of aryl methyl sites for hydroxylation is 2. The molecule has 0 bridgehead atoms. The molecule has 2 atom stereocenters. The zero-order valence-electron chi connectivity index (χ0n) is 25.2. The Kier molecular flexibility index (Phi) is 12.2. The number of carbonyl (C=O) groups excluding carboxylic acids is 4. The average Bonchev–Trinajstić information content (AvgIpc) is 2.89. The summed E-state index contributed by atoms with van der Waals surface area (Å²) in [5, 5.41) is 5.56. The fourth-order valence-electron chi connectivity index (χ4n) is 4.46. The first-order valence-electron chi connectivity index (χ1n) is 13.9. The highest BCUT2D eigenvalue weighted by Crippen LogP contribution is 2.30. The van der Waals surface area contributed by atoms with E-state index in [-0.39, 0.29) is 19.4 Å². The Morgan fingerprint density at radius 1 is 1.00 bits per heavy atom. The van der Waals surface area contributed by atoms with Crippen molar-refractivity contribution in [3.05, 3.63) is 59.2 Å². The average molecular weight is 569 g/mol. The fraction of sp³-hybridized carbons (Fsp3) is 0.484. The third kappa shape index (κ3) is 10.1. The Hall–Kier alpha value is -4.08. The number of methoxy groups -OCH3 is 1. The molecule has 0 spiro atoms. The van der Waals surface area contributed by atoms with Crippen LogP contribution < -0.4 is 21.1 Å². The van der Waals surface area contributed by atoms with Gasteiger partial charge in [-0.25, -0.2) is 4.79 Å². The van der Waals surface area contributed by atoms with Crippen molar-refractivity contribution in [1.82, 2.24) is 10.2 Å². The number of nitrogens with one attached hydrogen (secondary N) is 2. The smallest absolute Gasteiger partial charge is 0.408 e. The van der Waals surface area contributed by atoms with Gasteiger partial charge in [-0.1, -0.05) is 31.5 Å². The van der Waals surface area contributed by atoms with Crippen LogP contribution in [0, 0.1) is 13.8 Å². The lowest BCUT2D eigenvalue weighted by molar-refractivity contribution is -0.141. The summed E-state index contributed by atoms with van der Waals surface area (Å²) < 4.78 is 10.6. The van der Waals surface area contributed by atoms with Gasteiger partial charge in [0.25, 0.3) is 5.91 Å². The minimum atomic E-state index is -1.14. The molecule has 2 aromatic carbocycles. The van der Waals surface area contributed by atoms with E-state index in [1.165, 1.54) is 4.90 Å². The number of anilines is 1. The highest BCUT2D eigenvalue weighted by Gasteiger charge is 2.37. The normalized spacial score (nSPS) is 12.6. The van der Waals surface area contributed by atoms with Gasteiger partial charge in [0.05, 0.1) is 7.11 Å². The van der Waals surface area contributed by atoms with Crippen molar-refractivity contribution in [2.24, 2.45) is 5.73 Å². The fourth-order valence-corrected chi connectivity index (χ4v) is 4.46. The third-order valence-electron chi connectivity index (χ3n) is 6.44. The van der Waals surface area contributed by atoms with E-state index in [1.54, 1.807) is 52.1 Å². The van der Waals surface area contributed by atoms with Crippen molar-refractivity contribution in [3.8, 4) is 5.75 Å². The van der Waals surface area contributed by atoms with Crippen LogP contribution in [0.3, 0.4) is 0 Å². The van der Waals surface area contributed by atoms with Crippen molar-refractivity contribution in [2.45, 2.75) is 84.9 Å². The first kappa shape index (κ1) is 33.1. The van der Waals surface area contributed by atoms with Crippen LogP contribution in [-0.4, -0.2) is 54.0 Å². The second-order valence-electron chi connectivity index (χ2n) is 11.0. The molecule has 0 saturated heterocycles. The van der Waals surface area contributed by atoms with Crippen LogP contribution in [0.5, 0.6) is 5.75 Å². The molecule has 0 aliphatic rings. The van der Waals surface area contributed by atoms with Crippen LogP contribution in [0.15, 0.2) is 42.5 Å². The van der Waals surface area contributed by atoms with E-state index >= 15 is 0 Å². The molecule has 0 heterocycles. The largest absolute Gasteiger partial charge is 0.497 e. The molecule has 0 fully saturated rings. The molecule has 41 heavy (non-hydrogen) atoms. The van der Waals surface area contributed by atoms with Crippen molar-refractivity contribution < 1.29 is 28.7 Å². The number of nitrogens with two attached hydrogens (primary N) is 1. The van der Waals surface area contributed by atoms with Gasteiger partial charge in [0.15, 0.2) is 0 Å². The van der Waals surface area contributed by atoms with Gasteiger partial charge in [-0.05, 0) is 88.4 Å². The second-order valence-corrected chi connectivity index (χ2v) is 11.0. The number of alkyl carbamates (subject to hydrolysis) is 1. The van der Waals surface area contributed by atoms with E-state index in [0.717, 1.165) is 17.5 Å². The summed E-state index contributed by atoms with van der Waals surface area (Å²) in [5.41, 5.74) is 7.49. The predicted octanol–water partition coefficient (Wildman–Crippen LogP) is 4.78. The minimum absolute atomic E-state index is 0.0460. The van der Waals surface area contributed by atoms with E-state index in [9.17, 15) is 19.2 Å². The first-order valence-corrected chi connectivity index (χ1v) is 13.9. The SMILES string of the molecule is CCCCN(C(=O)C(CCC(N)=O)NC(=O)OC(C)(C)C)C(C(=O)Nc1ccc(OC)cc1)c1c(C)cccc1C. The molecule has 2 rings (SSSR count). The Morgan fingerprint density at radius 2 is 1.61 bits per heavy atom. The number of amides is 4. The lowest BCUT2D eigenvalue weighted by atomic mass is 9.93. The quantitative estimate of drug-likeness (QED) is 0.318. The molecule has 4 N–H and O–H groups in total. The van der Waals surface area contributed by atoms with Gasteiger partial charge in [-0.15, -0.1) is 0 Å². The Balaban J connectivity index is 2.59. The molecule has 0 aliphatic heterocycles. The summed E-state index contributed by atoms with van der Waals surface area (Å²) in [6.07, 6.45) is 0.379. The van der Waals surface area contributed by atoms with Crippen LogP contribution >= 0.6 is 0 Å². The summed E-state index contributed by atoms with van der Waals surface area (Å²) in [6.45, 7) is 11.1. The van der Waals surface area contributed by atoms with Crippen LogP contribution in [0.4, 0.5) is 10.5 Å². The van der Waals surface area contributed by atoms with Crippen LogP contribution in [0.1, 0.15) is 76.1 Å². The van der Waals surface area contributed by atoms with Gasteiger partial charge in [0.2, 0.25) is 11.8 Å². The number of hydrogen-bond acceptors (Lipinski definition) is 6. The number of rotatable bonds is 13. The highest BCUT2D eigenvalue weighted by molar-refractivity contribution is 5.99. The molecular formula is C31H44N4O6. The lowest BCUT2D eigenvalue weighted by Crippen LogP contribution is -2.53. The van der Waals surface area contributed by atoms with E-state index in [2.05, 4.69) is 10.6 Å². The first-order chi connectivity index (χ1) is 19.3. The van der Waals surface area contributed by atoms with Gasteiger partial charge in [0, 0.05) is 18.7 Å². The molecule has 4 amide bonds. The van der Waals surface area contributed by atoms with Gasteiger partial charge in [0.1, 0.15) is 23.4 Å². The number of hydrogen-bond donors (Lipinski definition) is 3. The highest BCUT2D eigenvalue weighted by atomic mass is 16.6. The predicted molar refractivity (Wildman–Crippen MR) is 158 cm³/mol. The number of primary amides is 1. The summed E-state index contributed by atoms with van der Waals surface area (Å²) in [4.78, 5) is 54.2. The zero-order chi connectivity index (χ0) is 30.7. The molecule has 2 aromatic rings. The Bertz CT molecular complexity index is 1190. The van der Waals surface area contributed by atoms with E-state index in [4.69, 9.17) is 15.2 Å². The zero-order valence-corrected chi connectivity index (χ0v) is 25.2. The maximum absolute atomic E-state index is 14.2. The maximum atomic E-state index is 14.2. The van der Waals surface area contributed by atoms with E-state index in [1.807, 2.05) is 39.0 Å². The van der Waals surface area contributed by atoms with E-state index < -0.39 is 41.5 Å². The summed E-state index contributed by atoms with van der Waals surface area (Å²) in [7, 11) is 1.56. The Labute approximate surface area is 242 Å². The number of benzene rings is 2. The third-order valence-corrected chi connectivity index (χ3v) is 6.44. The standard InChI is InChI=1S/C31H44N4O6/c1-8-9-19-35(29(38)24(17-18-25(32)36)34-30(39)41-31(4,5)6)27(26-20(2)11-10-12-21(26)3)28(37)33-22-13-15-23(40-7)16-14-22/h10-16,24,27H,8-9,17-19H2,1-7H3,(H2,32,36)(H,33,37)(H,34,39). The van der Waals surface area contributed by atoms with Crippen molar-refractivity contribution in [1.29, 1.82) is 0 Å². The minimum Gasteiger partial charge on any atom is -0.497 e. The Morgan fingerprint density at radius 3 is 2.12 bits per heavy atom. The van der Waals surface area contributed by atoms with Crippen LogP contribution in [0.25, 0.3) is 0 Å². The van der Waals surface area contributed by atoms with Crippen LogP contribution in [-0.2, 0) is 19.1 Å². The van der Waals surface area contributed by atoms with Gasteiger partial charge in [-0.3, -0.25) is 14.4 Å². The molecule has 2 unspecified atom stereocenters. The van der Waals surface area contributed by atoms with Crippen molar-refractivity contribution >= 4 is 29.5 Å². The lowest BCUT2D eigenvalue weighted by Gasteiger charge is -2.35. The molecular weight excluding hydrogens is 524 g/mol. The van der Waals surface area contributed by atoms with Gasteiger partial charge >= 0.3 is 6.09 Å². The van der Waals surface area contributed by atoms with Crippen molar-refractivity contribution in [3.63, 3.8) is 0 Å². The number of unbranched alkanes of at least 4 members (excludes halogenated alkanes) is 1. The molecule has 10 nitrogen and oxygen atoms in total. The van der Waals surface area contributed by atoms with E-state index in [0.29, 0.717) is 23.4 Å². The number of ether oxygens (including phenoxy) is 2. The molecule has 0 radical (unpaired) electrons. The monoisotopic (exact) mass is 568 g/mol. The number of carbonyl (C=O) groups is 4. The molecule has 0 aromatic heterocycles.